The number of nitrogens with zero attached hydrogens (tertiary/aromatic N) is 1. The number of carbonyl (C=O) groups is 3. The highest BCUT2D eigenvalue weighted by Gasteiger charge is 2.14. The van der Waals surface area contributed by atoms with Crippen molar-refractivity contribution in [2.75, 3.05) is 13.1 Å². The van der Waals surface area contributed by atoms with E-state index in [-0.39, 0.29) is 11.3 Å². The molecule has 4 N–H and O–H groups in total. The van der Waals surface area contributed by atoms with Crippen LogP contribution in [0.5, 0.6) is 0 Å². The molecule has 0 radical (unpaired) electrons. The summed E-state index contributed by atoms with van der Waals surface area (Å²) in [6.07, 6.45) is 0. The van der Waals surface area contributed by atoms with Crippen molar-refractivity contribution in [3.05, 3.63) is 46.2 Å². The lowest BCUT2D eigenvalue weighted by atomic mass is 10.2. The molecule has 0 aliphatic heterocycles. The quantitative estimate of drug-likeness (QED) is 0.534. The highest BCUT2D eigenvalue weighted by atomic mass is 16.4. The van der Waals surface area contributed by atoms with E-state index in [1.54, 1.807) is 12.1 Å². The highest BCUT2D eigenvalue weighted by molar-refractivity contribution is 6.27. The first-order chi connectivity index (χ1) is 13.5. The van der Waals surface area contributed by atoms with Crippen LogP contribution in [-0.4, -0.2) is 63.1 Å². The normalized spacial score (nSPS) is 10.7. The second-order valence-corrected chi connectivity index (χ2v) is 6.88. The second-order valence-electron chi connectivity index (χ2n) is 6.88. The molecule has 2 aromatic rings. The van der Waals surface area contributed by atoms with Gasteiger partial charge in [-0.05, 0) is 39.8 Å². The number of H-pyrrole nitrogens is 1. The summed E-state index contributed by atoms with van der Waals surface area (Å²) in [7, 11) is 0. The van der Waals surface area contributed by atoms with Crippen molar-refractivity contribution >= 4 is 28.7 Å². The average molecular weight is 405 g/mol. The average Bonchev–Trinajstić information content (AvgIpc) is 2.64. The van der Waals surface area contributed by atoms with Crippen molar-refractivity contribution in [3.8, 4) is 0 Å². The van der Waals surface area contributed by atoms with Gasteiger partial charge in [-0.1, -0.05) is 12.1 Å². The van der Waals surface area contributed by atoms with E-state index < -0.39 is 11.9 Å². The predicted octanol–water partition coefficient (Wildman–Crippen LogP) is 1.53. The molecule has 9 heteroatoms. The Kier molecular flexibility index (Phi) is 9.01. The van der Waals surface area contributed by atoms with Crippen LogP contribution in [0.15, 0.2) is 35.1 Å². The number of carbonyl (C=O) groups excluding carboxylic acids is 1. The first kappa shape index (κ1) is 23.8. The number of aromatic nitrogens is 1. The van der Waals surface area contributed by atoms with E-state index in [4.69, 9.17) is 19.8 Å². The lowest BCUT2D eigenvalue weighted by molar-refractivity contribution is -0.159. The maximum absolute atomic E-state index is 12.3. The Hall–Kier alpha value is -3.20. The van der Waals surface area contributed by atoms with Gasteiger partial charge in [0.1, 0.15) is 5.69 Å². The van der Waals surface area contributed by atoms with Crippen LogP contribution in [0.4, 0.5) is 0 Å². The molecule has 0 saturated heterocycles. The van der Waals surface area contributed by atoms with E-state index in [0.717, 1.165) is 6.54 Å². The SMILES string of the molecule is CC(C)N(CCNC(=O)c1cc(=O)c2ccccc2[nH]1)C(C)C.O=C(O)C(=O)O. The van der Waals surface area contributed by atoms with Crippen molar-refractivity contribution in [1.82, 2.24) is 15.2 Å². The molecule has 1 amide bonds. The van der Waals surface area contributed by atoms with E-state index in [2.05, 4.69) is 42.9 Å². The van der Waals surface area contributed by atoms with Gasteiger partial charge < -0.3 is 20.5 Å². The topological polar surface area (TPSA) is 140 Å². The standard InChI is InChI=1S/C18H25N3O2.C2H2O4/c1-12(2)21(13(3)4)10-9-19-18(23)16-11-17(22)14-7-5-6-8-15(14)20-16;3-1(4)2(5)6/h5-8,11-13H,9-10H2,1-4H3,(H,19,23)(H,20,22);(H,3,4)(H,5,6). The van der Waals surface area contributed by atoms with Gasteiger partial charge in [-0.3, -0.25) is 14.5 Å². The molecule has 0 atom stereocenters. The van der Waals surface area contributed by atoms with Gasteiger partial charge in [-0.15, -0.1) is 0 Å². The maximum atomic E-state index is 12.3. The molecule has 29 heavy (non-hydrogen) atoms. The van der Waals surface area contributed by atoms with E-state index in [1.807, 2.05) is 12.1 Å². The zero-order valence-electron chi connectivity index (χ0n) is 16.9. The molecule has 0 saturated carbocycles. The molecule has 1 heterocycles. The molecule has 1 aromatic heterocycles. The summed E-state index contributed by atoms with van der Waals surface area (Å²) in [4.78, 5) is 47.9. The molecular weight excluding hydrogens is 378 g/mol. The number of para-hydroxylation sites is 1. The molecule has 0 aliphatic carbocycles. The Labute approximate surface area is 168 Å². The van der Waals surface area contributed by atoms with Crippen molar-refractivity contribution in [2.45, 2.75) is 39.8 Å². The van der Waals surface area contributed by atoms with Gasteiger partial charge >= 0.3 is 11.9 Å². The summed E-state index contributed by atoms with van der Waals surface area (Å²) in [5.74, 6) is -3.90. The van der Waals surface area contributed by atoms with Gasteiger partial charge in [0.05, 0.1) is 0 Å². The number of benzene rings is 1. The lowest BCUT2D eigenvalue weighted by Gasteiger charge is -2.30. The number of amides is 1. The number of hydrogen-bond donors (Lipinski definition) is 4. The number of aliphatic carboxylic acids is 2. The van der Waals surface area contributed by atoms with Gasteiger partial charge in [0, 0.05) is 42.1 Å². The van der Waals surface area contributed by atoms with Crippen LogP contribution in [-0.2, 0) is 9.59 Å². The fourth-order valence-electron chi connectivity index (χ4n) is 2.83. The summed E-state index contributed by atoms with van der Waals surface area (Å²) in [5, 5.41) is 18.3. The van der Waals surface area contributed by atoms with Gasteiger partial charge in [0.15, 0.2) is 5.43 Å². The molecule has 2 rings (SSSR count). The molecule has 9 nitrogen and oxygen atoms in total. The Bertz CT molecular complexity index is 900. The molecule has 0 fully saturated rings. The zero-order valence-corrected chi connectivity index (χ0v) is 16.9. The van der Waals surface area contributed by atoms with Crippen molar-refractivity contribution < 1.29 is 24.6 Å². The first-order valence-corrected chi connectivity index (χ1v) is 9.16. The van der Waals surface area contributed by atoms with Gasteiger partial charge in [-0.25, -0.2) is 9.59 Å². The van der Waals surface area contributed by atoms with Crippen LogP contribution >= 0.6 is 0 Å². The largest absolute Gasteiger partial charge is 0.473 e. The summed E-state index contributed by atoms with van der Waals surface area (Å²) in [5.41, 5.74) is 0.834. The fraction of sp³-hybridized carbons (Fsp3) is 0.400. The van der Waals surface area contributed by atoms with Gasteiger partial charge in [-0.2, -0.15) is 0 Å². The van der Waals surface area contributed by atoms with Crippen molar-refractivity contribution in [3.63, 3.8) is 0 Å². The third-order valence-electron chi connectivity index (χ3n) is 4.15. The lowest BCUT2D eigenvalue weighted by Crippen LogP contribution is -2.42. The Morgan fingerprint density at radius 3 is 2.10 bits per heavy atom. The molecule has 1 aromatic carbocycles. The number of carboxylic acids is 2. The summed E-state index contributed by atoms with van der Waals surface area (Å²) >= 11 is 0. The van der Waals surface area contributed by atoms with Crippen LogP contribution in [0.1, 0.15) is 38.2 Å². The van der Waals surface area contributed by atoms with Gasteiger partial charge in [0.25, 0.3) is 5.91 Å². The third-order valence-corrected chi connectivity index (χ3v) is 4.15. The van der Waals surface area contributed by atoms with Gasteiger partial charge in [0.2, 0.25) is 0 Å². The predicted molar refractivity (Wildman–Crippen MR) is 109 cm³/mol. The Morgan fingerprint density at radius 1 is 1.03 bits per heavy atom. The third kappa shape index (κ3) is 7.38. The van der Waals surface area contributed by atoms with Crippen LogP contribution in [0, 0.1) is 0 Å². The minimum absolute atomic E-state index is 0.143. The second kappa shape index (κ2) is 11.0. The number of pyridine rings is 1. The van der Waals surface area contributed by atoms with E-state index in [9.17, 15) is 9.59 Å². The number of rotatable bonds is 6. The monoisotopic (exact) mass is 405 g/mol. The minimum atomic E-state index is -1.82. The summed E-state index contributed by atoms with van der Waals surface area (Å²) < 4.78 is 0. The molecule has 158 valence electrons. The zero-order chi connectivity index (χ0) is 22.1. The first-order valence-electron chi connectivity index (χ1n) is 9.16. The van der Waals surface area contributed by atoms with E-state index in [0.29, 0.717) is 35.2 Å². The fourth-order valence-corrected chi connectivity index (χ4v) is 2.83. The molecule has 0 spiro atoms. The number of fused-ring (bicyclic) bond motifs is 1. The Balaban J connectivity index is 0.000000612. The number of hydrogen-bond acceptors (Lipinski definition) is 5. The maximum Gasteiger partial charge on any atom is 0.414 e. The minimum Gasteiger partial charge on any atom is -0.473 e. The molecule has 0 unspecified atom stereocenters. The highest BCUT2D eigenvalue weighted by Crippen LogP contribution is 2.07. The molecule has 0 bridgehead atoms. The number of nitrogens with one attached hydrogen (secondary N) is 2. The summed E-state index contributed by atoms with van der Waals surface area (Å²) in [6.45, 7) is 9.89. The molecular formula is C20H27N3O6. The van der Waals surface area contributed by atoms with E-state index in [1.165, 1.54) is 6.07 Å². The number of aromatic amines is 1. The smallest absolute Gasteiger partial charge is 0.414 e. The Morgan fingerprint density at radius 2 is 1.59 bits per heavy atom. The molecule has 0 aliphatic rings. The van der Waals surface area contributed by atoms with Crippen LogP contribution in [0.25, 0.3) is 10.9 Å². The van der Waals surface area contributed by atoms with E-state index >= 15 is 0 Å². The van der Waals surface area contributed by atoms with Crippen LogP contribution in [0.3, 0.4) is 0 Å². The van der Waals surface area contributed by atoms with Crippen molar-refractivity contribution in [2.24, 2.45) is 0 Å². The number of carboxylic acid groups (broad SMARTS) is 2. The van der Waals surface area contributed by atoms with Crippen LogP contribution < -0.4 is 10.7 Å². The summed E-state index contributed by atoms with van der Waals surface area (Å²) in [6, 6.07) is 9.40. The van der Waals surface area contributed by atoms with Crippen molar-refractivity contribution in [1.29, 1.82) is 0 Å². The van der Waals surface area contributed by atoms with Crippen LogP contribution in [0.2, 0.25) is 0 Å².